The van der Waals surface area contributed by atoms with Crippen molar-refractivity contribution in [3.63, 3.8) is 0 Å². The van der Waals surface area contributed by atoms with Gasteiger partial charge in [-0.2, -0.15) is 13.2 Å². The van der Waals surface area contributed by atoms with E-state index in [9.17, 15) is 18.0 Å². The molecule has 1 aromatic heterocycles. The normalized spacial score (nSPS) is 11.4. The summed E-state index contributed by atoms with van der Waals surface area (Å²) in [6.07, 6.45) is -2.46. The van der Waals surface area contributed by atoms with Gasteiger partial charge in [-0.05, 0) is 18.6 Å². The highest BCUT2D eigenvalue weighted by molar-refractivity contribution is 5.92. The van der Waals surface area contributed by atoms with Crippen molar-refractivity contribution in [2.75, 3.05) is 11.4 Å². The van der Waals surface area contributed by atoms with Gasteiger partial charge in [0.25, 0.3) is 0 Å². The van der Waals surface area contributed by atoms with Crippen LogP contribution in [-0.4, -0.2) is 17.4 Å². The average molecular weight is 260 g/mol. The Morgan fingerprint density at radius 3 is 2.56 bits per heavy atom. The summed E-state index contributed by atoms with van der Waals surface area (Å²) in [6, 6.07) is 1.80. The fourth-order valence-electron chi connectivity index (χ4n) is 1.52. The van der Waals surface area contributed by atoms with Crippen LogP contribution in [-0.2, 0) is 11.0 Å². The van der Waals surface area contributed by atoms with E-state index in [1.54, 1.807) is 6.92 Å². The molecule has 0 saturated carbocycles. The van der Waals surface area contributed by atoms with Gasteiger partial charge < -0.3 is 0 Å². The minimum atomic E-state index is -4.43. The molecule has 0 saturated heterocycles. The number of rotatable bonds is 4. The molecule has 0 fully saturated rings. The maximum atomic E-state index is 12.6. The Labute approximate surface area is 104 Å². The van der Waals surface area contributed by atoms with Gasteiger partial charge in [-0.15, -0.1) is 0 Å². The lowest BCUT2D eigenvalue weighted by atomic mass is 10.2. The van der Waals surface area contributed by atoms with Gasteiger partial charge in [0.2, 0.25) is 5.91 Å². The summed E-state index contributed by atoms with van der Waals surface area (Å²) in [6.45, 7) is 3.88. The van der Waals surface area contributed by atoms with Crippen LogP contribution in [0, 0.1) is 0 Å². The van der Waals surface area contributed by atoms with Gasteiger partial charge in [0.05, 0.1) is 5.56 Å². The van der Waals surface area contributed by atoms with E-state index in [4.69, 9.17) is 0 Å². The summed E-state index contributed by atoms with van der Waals surface area (Å²) in [5.74, 6) is -0.179. The third kappa shape index (κ3) is 3.45. The van der Waals surface area contributed by atoms with Crippen LogP contribution in [0.4, 0.5) is 19.0 Å². The summed E-state index contributed by atoms with van der Waals surface area (Å²) in [7, 11) is 0. The molecule has 0 aliphatic carbocycles. The molecule has 1 amide bonds. The Balaban J connectivity index is 3.09. The van der Waals surface area contributed by atoms with E-state index in [1.807, 2.05) is 6.92 Å². The molecule has 0 unspecified atom stereocenters. The summed E-state index contributed by atoms with van der Waals surface area (Å²) < 4.78 is 37.7. The highest BCUT2D eigenvalue weighted by atomic mass is 19.4. The number of hydrogen-bond acceptors (Lipinski definition) is 2. The first-order valence-electron chi connectivity index (χ1n) is 5.73. The molecule has 0 atom stereocenters. The number of alkyl halides is 3. The number of anilines is 1. The maximum Gasteiger partial charge on any atom is 0.416 e. The zero-order valence-corrected chi connectivity index (χ0v) is 10.3. The molecule has 0 aliphatic heterocycles. The first-order chi connectivity index (χ1) is 8.40. The monoisotopic (exact) mass is 260 g/mol. The first kappa shape index (κ1) is 14.5. The number of carbonyl (C=O) groups is 1. The molecule has 1 aromatic rings. The Morgan fingerprint density at radius 1 is 1.39 bits per heavy atom. The second-order valence-electron chi connectivity index (χ2n) is 3.80. The van der Waals surface area contributed by atoms with E-state index in [-0.39, 0.29) is 18.1 Å². The standard InChI is InChI=1S/C12H15F3N2O/c1-3-7-17(11(18)4-2)10-8-9(5-6-16-10)12(13,14)15/h5-6,8H,3-4,7H2,1-2H3. The molecule has 0 bridgehead atoms. The zero-order chi connectivity index (χ0) is 13.8. The Bertz CT molecular complexity index is 418. The van der Waals surface area contributed by atoms with Crippen LogP contribution in [0.1, 0.15) is 32.3 Å². The number of amides is 1. The molecule has 0 aromatic carbocycles. The van der Waals surface area contributed by atoms with Gasteiger partial charge in [-0.1, -0.05) is 13.8 Å². The van der Waals surface area contributed by atoms with Crippen LogP contribution in [0.25, 0.3) is 0 Å². The number of aromatic nitrogens is 1. The summed E-state index contributed by atoms with van der Waals surface area (Å²) in [5.41, 5.74) is -0.794. The van der Waals surface area contributed by atoms with Gasteiger partial charge in [0.1, 0.15) is 5.82 Å². The van der Waals surface area contributed by atoms with Crippen LogP contribution < -0.4 is 4.90 Å². The molecular weight excluding hydrogens is 245 g/mol. The molecule has 6 heteroatoms. The van der Waals surface area contributed by atoms with Crippen LogP contribution in [0.2, 0.25) is 0 Å². The second-order valence-corrected chi connectivity index (χ2v) is 3.80. The maximum absolute atomic E-state index is 12.6. The highest BCUT2D eigenvalue weighted by Gasteiger charge is 2.31. The summed E-state index contributed by atoms with van der Waals surface area (Å²) in [4.78, 5) is 16.8. The van der Waals surface area contributed by atoms with Gasteiger partial charge in [-0.3, -0.25) is 9.69 Å². The van der Waals surface area contributed by atoms with E-state index < -0.39 is 11.7 Å². The van der Waals surface area contributed by atoms with Crippen molar-refractivity contribution in [2.45, 2.75) is 32.9 Å². The van der Waals surface area contributed by atoms with Crippen molar-refractivity contribution < 1.29 is 18.0 Å². The fraction of sp³-hybridized carbons (Fsp3) is 0.500. The van der Waals surface area contributed by atoms with Crippen molar-refractivity contribution in [3.8, 4) is 0 Å². The molecule has 100 valence electrons. The highest BCUT2D eigenvalue weighted by Crippen LogP contribution is 2.30. The molecule has 0 aliphatic rings. The lowest BCUT2D eigenvalue weighted by Gasteiger charge is -2.21. The van der Waals surface area contributed by atoms with Crippen LogP contribution in [0.3, 0.4) is 0 Å². The van der Waals surface area contributed by atoms with Crippen LogP contribution in [0.5, 0.6) is 0 Å². The van der Waals surface area contributed by atoms with Gasteiger partial charge in [0.15, 0.2) is 0 Å². The van der Waals surface area contributed by atoms with E-state index in [2.05, 4.69) is 4.98 Å². The largest absolute Gasteiger partial charge is 0.416 e. The topological polar surface area (TPSA) is 33.2 Å². The van der Waals surface area contributed by atoms with Crippen molar-refractivity contribution in [2.24, 2.45) is 0 Å². The molecule has 1 rings (SSSR count). The van der Waals surface area contributed by atoms with Crippen LogP contribution >= 0.6 is 0 Å². The molecule has 18 heavy (non-hydrogen) atoms. The van der Waals surface area contributed by atoms with Gasteiger partial charge >= 0.3 is 6.18 Å². The lowest BCUT2D eigenvalue weighted by Crippen LogP contribution is -2.31. The Morgan fingerprint density at radius 2 is 2.06 bits per heavy atom. The number of halogens is 3. The molecular formula is C12H15F3N2O. The smallest absolute Gasteiger partial charge is 0.297 e. The second kappa shape index (κ2) is 5.84. The van der Waals surface area contributed by atoms with Crippen molar-refractivity contribution >= 4 is 11.7 Å². The van der Waals surface area contributed by atoms with Crippen molar-refractivity contribution in [1.82, 2.24) is 4.98 Å². The van der Waals surface area contributed by atoms with Crippen molar-refractivity contribution in [3.05, 3.63) is 23.9 Å². The van der Waals surface area contributed by atoms with Crippen molar-refractivity contribution in [1.29, 1.82) is 0 Å². The summed E-state index contributed by atoms with van der Waals surface area (Å²) >= 11 is 0. The average Bonchev–Trinajstić information content (AvgIpc) is 2.34. The summed E-state index contributed by atoms with van der Waals surface area (Å²) in [5, 5.41) is 0. The minimum absolute atomic E-state index is 0.0542. The van der Waals surface area contributed by atoms with Crippen LogP contribution in [0.15, 0.2) is 18.3 Å². The number of pyridine rings is 1. The Hall–Kier alpha value is -1.59. The predicted octanol–water partition coefficient (Wildman–Crippen LogP) is 3.25. The fourth-order valence-corrected chi connectivity index (χ4v) is 1.52. The van der Waals surface area contributed by atoms with E-state index in [0.717, 1.165) is 18.3 Å². The molecule has 3 nitrogen and oxygen atoms in total. The molecule has 0 spiro atoms. The van der Waals surface area contributed by atoms with E-state index in [1.165, 1.54) is 4.90 Å². The quantitative estimate of drug-likeness (QED) is 0.832. The third-order valence-electron chi connectivity index (χ3n) is 2.40. The number of carbonyl (C=O) groups excluding carboxylic acids is 1. The molecule has 1 heterocycles. The number of nitrogens with zero attached hydrogens (tertiary/aromatic N) is 2. The SMILES string of the molecule is CCCN(C(=O)CC)c1cc(C(F)(F)F)ccn1. The predicted molar refractivity (Wildman–Crippen MR) is 62.2 cm³/mol. The van der Waals surface area contributed by atoms with E-state index >= 15 is 0 Å². The third-order valence-corrected chi connectivity index (χ3v) is 2.40. The number of hydrogen-bond donors (Lipinski definition) is 0. The molecule has 0 radical (unpaired) electrons. The first-order valence-corrected chi connectivity index (χ1v) is 5.73. The van der Waals surface area contributed by atoms with Gasteiger partial charge in [-0.25, -0.2) is 4.98 Å². The van der Waals surface area contributed by atoms with E-state index in [0.29, 0.717) is 13.0 Å². The lowest BCUT2D eigenvalue weighted by molar-refractivity contribution is -0.137. The Kier molecular flexibility index (Phi) is 4.69. The zero-order valence-electron chi connectivity index (χ0n) is 10.3. The molecule has 0 N–H and O–H groups in total. The minimum Gasteiger partial charge on any atom is -0.297 e. The van der Waals surface area contributed by atoms with Gasteiger partial charge in [0, 0.05) is 19.2 Å².